The van der Waals surface area contributed by atoms with Gasteiger partial charge in [0.15, 0.2) is 0 Å². The van der Waals surface area contributed by atoms with Gasteiger partial charge in [-0.15, -0.1) is 0 Å². The standard InChI is InChI=1S/C7H11N3O/c1-7(2,3)10-5-4-8-9-6(10)11/h4-5H,1-3H3. The van der Waals surface area contributed by atoms with E-state index in [4.69, 9.17) is 0 Å². The lowest BCUT2D eigenvalue weighted by Crippen LogP contribution is -2.35. The third kappa shape index (κ3) is 1.63. The zero-order valence-electron chi connectivity index (χ0n) is 6.90. The Morgan fingerprint density at radius 2 is 2.09 bits per heavy atom. The molecule has 0 amide bonds. The van der Waals surface area contributed by atoms with Crippen LogP contribution in [-0.2, 0) is 5.54 Å². The molecule has 4 nitrogen and oxygen atoms in total. The van der Waals surface area contributed by atoms with Gasteiger partial charge in [-0.25, -0.2) is 4.79 Å². The van der Waals surface area contributed by atoms with Crippen molar-refractivity contribution in [3.63, 3.8) is 0 Å². The molecule has 1 heterocycles. The van der Waals surface area contributed by atoms with Crippen LogP contribution in [0.4, 0.5) is 0 Å². The maximum Gasteiger partial charge on any atom is 0.366 e. The van der Waals surface area contributed by atoms with Crippen molar-refractivity contribution in [1.29, 1.82) is 0 Å². The predicted molar refractivity (Wildman–Crippen MR) is 41.3 cm³/mol. The minimum Gasteiger partial charge on any atom is -0.291 e. The lowest BCUT2D eigenvalue weighted by Gasteiger charge is -2.20. The molecule has 0 saturated carbocycles. The van der Waals surface area contributed by atoms with Crippen molar-refractivity contribution in [3.8, 4) is 0 Å². The largest absolute Gasteiger partial charge is 0.366 e. The van der Waals surface area contributed by atoms with E-state index in [1.54, 1.807) is 10.8 Å². The fraction of sp³-hybridized carbons (Fsp3) is 0.571. The van der Waals surface area contributed by atoms with Gasteiger partial charge in [0.25, 0.3) is 0 Å². The van der Waals surface area contributed by atoms with Gasteiger partial charge in [-0.05, 0) is 20.8 Å². The molecule has 0 aliphatic heterocycles. The average molecular weight is 153 g/mol. The summed E-state index contributed by atoms with van der Waals surface area (Å²) in [6.45, 7) is 5.82. The fourth-order valence-electron chi connectivity index (χ4n) is 0.802. The van der Waals surface area contributed by atoms with Gasteiger partial charge in [-0.1, -0.05) is 5.10 Å². The monoisotopic (exact) mass is 153 g/mol. The van der Waals surface area contributed by atoms with Crippen molar-refractivity contribution in [1.82, 2.24) is 14.8 Å². The van der Waals surface area contributed by atoms with Crippen molar-refractivity contribution < 1.29 is 0 Å². The van der Waals surface area contributed by atoms with Gasteiger partial charge >= 0.3 is 5.69 Å². The molecule has 1 aromatic rings. The molecule has 0 unspecified atom stereocenters. The van der Waals surface area contributed by atoms with E-state index in [0.29, 0.717) is 0 Å². The Bertz CT molecular complexity index is 297. The van der Waals surface area contributed by atoms with Crippen molar-refractivity contribution in [2.75, 3.05) is 0 Å². The lowest BCUT2D eigenvalue weighted by molar-refractivity contribution is 0.373. The molecule has 0 spiro atoms. The number of aromatic nitrogens is 3. The van der Waals surface area contributed by atoms with E-state index >= 15 is 0 Å². The molecular weight excluding hydrogens is 142 g/mol. The summed E-state index contributed by atoms with van der Waals surface area (Å²) >= 11 is 0. The highest BCUT2D eigenvalue weighted by Gasteiger charge is 2.13. The predicted octanol–water partition coefficient (Wildman–Crippen LogP) is 0.393. The van der Waals surface area contributed by atoms with Crippen LogP contribution >= 0.6 is 0 Å². The first-order chi connectivity index (χ1) is 5.02. The molecule has 0 saturated heterocycles. The summed E-state index contributed by atoms with van der Waals surface area (Å²) in [4.78, 5) is 11.1. The Morgan fingerprint density at radius 1 is 1.45 bits per heavy atom. The minimum atomic E-state index is -0.306. The Kier molecular flexibility index (Phi) is 1.76. The minimum absolute atomic E-state index is 0.215. The second-order valence-corrected chi connectivity index (χ2v) is 3.34. The molecule has 0 N–H and O–H groups in total. The molecular formula is C7H11N3O. The second kappa shape index (κ2) is 2.45. The smallest absolute Gasteiger partial charge is 0.291 e. The van der Waals surface area contributed by atoms with E-state index in [2.05, 4.69) is 10.2 Å². The zero-order chi connectivity index (χ0) is 8.48. The Hall–Kier alpha value is -1.19. The molecule has 0 radical (unpaired) electrons. The number of hydrogen-bond donors (Lipinski definition) is 0. The molecule has 0 fully saturated rings. The summed E-state index contributed by atoms with van der Waals surface area (Å²) < 4.78 is 1.54. The first-order valence-electron chi connectivity index (χ1n) is 3.42. The Labute approximate surface area is 64.9 Å². The topological polar surface area (TPSA) is 47.8 Å². The van der Waals surface area contributed by atoms with Gasteiger partial charge in [0.2, 0.25) is 0 Å². The van der Waals surface area contributed by atoms with Crippen molar-refractivity contribution in [2.24, 2.45) is 0 Å². The fourth-order valence-corrected chi connectivity index (χ4v) is 0.802. The molecule has 1 rings (SSSR count). The molecule has 1 aromatic heterocycles. The molecule has 0 bridgehead atoms. The van der Waals surface area contributed by atoms with Crippen LogP contribution in [0.1, 0.15) is 20.8 Å². The molecule has 0 atom stereocenters. The molecule has 0 aliphatic rings. The highest BCUT2D eigenvalue weighted by Crippen LogP contribution is 2.08. The zero-order valence-corrected chi connectivity index (χ0v) is 6.90. The van der Waals surface area contributed by atoms with Crippen LogP contribution in [0, 0.1) is 0 Å². The number of rotatable bonds is 0. The summed E-state index contributed by atoms with van der Waals surface area (Å²) in [7, 11) is 0. The van der Waals surface area contributed by atoms with Crippen LogP contribution in [0.2, 0.25) is 0 Å². The van der Waals surface area contributed by atoms with Crippen molar-refractivity contribution in [2.45, 2.75) is 26.3 Å². The van der Waals surface area contributed by atoms with E-state index in [0.717, 1.165) is 0 Å². The summed E-state index contributed by atoms with van der Waals surface area (Å²) in [6.07, 6.45) is 3.14. The van der Waals surface area contributed by atoms with Gasteiger partial charge in [-0.3, -0.25) is 4.57 Å². The summed E-state index contributed by atoms with van der Waals surface area (Å²) in [5, 5.41) is 6.88. The first-order valence-corrected chi connectivity index (χ1v) is 3.42. The van der Waals surface area contributed by atoms with E-state index < -0.39 is 0 Å². The summed E-state index contributed by atoms with van der Waals surface area (Å²) in [6, 6.07) is 0. The van der Waals surface area contributed by atoms with E-state index in [-0.39, 0.29) is 11.2 Å². The maximum atomic E-state index is 11.1. The van der Waals surface area contributed by atoms with Crippen LogP contribution in [0.15, 0.2) is 17.2 Å². The summed E-state index contributed by atoms with van der Waals surface area (Å²) in [5.74, 6) is 0. The second-order valence-electron chi connectivity index (χ2n) is 3.34. The van der Waals surface area contributed by atoms with Gasteiger partial charge in [0.05, 0.1) is 6.20 Å². The molecule has 0 aliphatic carbocycles. The summed E-state index contributed by atoms with van der Waals surface area (Å²) in [5.41, 5.74) is -0.521. The van der Waals surface area contributed by atoms with Gasteiger partial charge < -0.3 is 0 Å². The Morgan fingerprint density at radius 3 is 2.45 bits per heavy atom. The van der Waals surface area contributed by atoms with Crippen LogP contribution in [0.3, 0.4) is 0 Å². The van der Waals surface area contributed by atoms with E-state index in [1.165, 1.54) is 6.20 Å². The van der Waals surface area contributed by atoms with Crippen LogP contribution in [0.25, 0.3) is 0 Å². The van der Waals surface area contributed by atoms with Crippen LogP contribution < -0.4 is 5.69 Å². The van der Waals surface area contributed by atoms with E-state index in [9.17, 15) is 4.79 Å². The molecule has 0 aromatic carbocycles. The first kappa shape index (κ1) is 7.91. The molecule has 11 heavy (non-hydrogen) atoms. The molecule has 60 valence electrons. The van der Waals surface area contributed by atoms with Crippen LogP contribution in [-0.4, -0.2) is 14.8 Å². The number of hydrogen-bond acceptors (Lipinski definition) is 3. The highest BCUT2D eigenvalue weighted by molar-refractivity contribution is 4.80. The Balaban J connectivity index is 3.26. The van der Waals surface area contributed by atoms with Crippen LogP contribution in [0.5, 0.6) is 0 Å². The SMILES string of the molecule is CC(C)(C)n1ccnnc1=O. The number of nitrogens with zero attached hydrogens (tertiary/aromatic N) is 3. The van der Waals surface area contributed by atoms with Crippen molar-refractivity contribution >= 4 is 0 Å². The molecule has 4 heteroatoms. The van der Waals surface area contributed by atoms with E-state index in [1.807, 2.05) is 20.8 Å². The van der Waals surface area contributed by atoms with Crippen molar-refractivity contribution in [3.05, 3.63) is 22.9 Å². The average Bonchev–Trinajstić information content (AvgIpc) is 1.86. The normalized spacial score (nSPS) is 11.5. The van der Waals surface area contributed by atoms with Gasteiger partial charge in [-0.2, -0.15) is 5.10 Å². The van der Waals surface area contributed by atoms with Gasteiger partial charge in [0, 0.05) is 11.7 Å². The highest BCUT2D eigenvalue weighted by atomic mass is 16.1. The quantitative estimate of drug-likeness (QED) is 0.541. The third-order valence-corrected chi connectivity index (χ3v) is 1.35. The lowest BCUT2D eigenvalue weighted by atomic mass is 10.1. The maximum absolute atomic E-state index is 11.1. The third-order valence-electron chi connectivity index (χ3n) is 1.35. The van der Waals surface area contributed by atoms with Gasteiger partial charge in [0.1, 0.15) is 0 Å².